The topological polar surface area (TPSA) is 117 Å². The van der Waals surface area contributed by atoms with E-state index in [1.165, 1.54) is 36.4 Å². The van der Waals surface area contributed by atoms with Crippen LogP contribution in [-0.4, -0.2) is 41.1 Å². The lowest BCUT2D eigenvalue weighted by Crippen LogP contribution is -2.49. The molecule has 10 heteroatoms. The lowest BCUT2D eigenvalue weighted by molar-refractivity contribution is -0.140. The molecule has 1 atom stereocenters. The molecular formula is C29H33FN6O3. The highest BCUT2D eigenvalue weighted by molar-refractivity contribution is 5.85. The highest BCUT2D eigenvalue weighted by Gasteiger charge is 2.43. The predicted molar refractivity (Wildman–Crippen MR) is 148 cm³/mol. The molecule has 0 amide bonds. The van der Waals surface area contributed by atoms with Crippen LogP contribution in [0.3, 0.4) is 0 Å². The second kappa shape index (κ2) is 13.0. The summed E-state index contributed by atoms with van der Waals surface area (Å²) in [6.45, 7) is 6.60. The molecular weight excluding hydrogens is 499 g/mol. The van der Waals surface area contributed by atoms with Gasteiger partial charge in [0.05, 0.1) is 20.0 Å². The van der Waals surface area contributed by atoms with Gasteiger partial charge in [0, 0.05) is 36.5 Å². The molecule has 5 rings (SSSR count). The summed E-state index contributed by atoms with van der Waals surface area (Å²) in [5.74, 6) is 0.693. The van der Waals surface area contributed by atoms with Crippen molar-refractivity contribution in [3.05, 3.63) is 95.7 Å². The van der Waals surface area contributed by atoms with Crippen molar-refractivity contribution in [2.45, 2.75) is 44.7 Å². The van der Waals surface area contributed by atoms with Crippen molar-refractivity contribution < 1.29 is 18.4 Å². The van der Waals surface area contributed by atoms with Gasteiger partial charge < -0.3 is 19.6 Å². The molecule has 0 aliphatic carbocycles. The number of aryl methyl sites for hydroxylation is 1. The van der Waals surface area contributed by atoms with E-state index >= 15 is 0 Å². The number of para-hydroxylation sites is 1. The van der Waals surface area contributed by atoms with Crippen LogP contribution in [0, 0.1) is 12.7 Å². The Morgan fingerprint density at radius 3 is 2.79 bits per heavy atom. The number of fused-ring (bicyclic) bond motifs is 3. The Hall–Kier alpha value is -4.31. The van der Waals surface area contributed by atoms with E-state index in [9.17, 15) is 9.18 Å². The van der Waals surface area contributed by atoms with E-state index in [0.29, 0.717) is 37.5 Å². The number of aromatic amines is 1. The van der Waals surface area contributed by atoms with Gasteiger partial charge in [0.1, 0.15) is 11.4 Å². The second-order valence-electron chi connectivity index (χ2n) is 9.14. The van der Waals surface area contributed by atoms with Crippen LogP contribution in [0.1, 0.15) is 47.8 Å². The minimum atomic E-state index is -0.599. The highest BCUT2D eigenvalue weighted by Crippen LogP contribution is 2.40. The molecule has 4 aromatic rings. The van der Waals surface area contributed by atoms with Crippen molar-refractivity contribution >= 4 is 23.2 Å². The van der Waals surface area contributed by atoms with Gasteiger partial charge in [0.15, 0.2) is 5.82 Å². The Bertz CT molecular complexity index is 1430. The first kappa shape index (κ1) is 27.7. The van der Waals surface area contributed by atoms with Gasteiger partial charge >= 0.3 is 5.97 Å². The number of H-pyrrole nitrogens is 1. The number of aliphatic imine (C=N–C) groups is 1. The van der Waals surface area contributed by atoms with Crippen LogP contribution in [0.2, 0.25) is 0 Å². The summed E-state index contributed by atoms with van der Waals surface area (Å²) in [5, 5.41) is 11.8. The first-order valence-corrected chi connectivity index (χ1v) is 12.8. The van der Waals surface area contributed by atoms with Crippen molar-refractivity contribution in [1.29, 1.82) is 0 Å². The molecule has 0 spiro atoms. The van der Waals surface area contributed by atoms with Crippen molar-refractivity contribution in [3.63, 3.8) is 0 Å². The summed E-state index contributed by atoms with van der Waals surface area (Å²) < 4.78 is 22.5. The molecule has 3 N–H and O–H groups in total. The Morgan fingerprint density at radius 1 is 1.28 bits per heavy atom. The number of hydrogen-bond donors (Lipinski definition) is 3. The number of benzene rings is 2. The van der Waals surface area contributed by atoms with E-state index < -0.39 is 5.54 Å². The third-order valence-electron chi connectivity index (χ3n) is 6.58. The summed E-state index contributed by atoms with van der Waals surface area (Å²) >= 11 is 0. The third-order valence-corrected chi connectivity index (χ3v) is 6.58. The number of esters is 1. The monoisotopic (exact) mass is 532 g/mol. The molecule has 0 saturated carbocycles. The average Bonchev–Trinajstić information content (AvgIpc) is 3.57. The Labute approximate surface area is 226 Å². The van der Waals surface area contributed by atoms with Gasteiger partial charge in [0.2, 0.25) is 5.89 Å². The minimum absolute atomic E-state index is 0.211. The van der Waals surface area contributed by atoms with Gasteiger partial charge in [-0.05, 0) is 54.8 Å². The molecule has 9 nitrogen and oxygen atoms in total. The average molecular weight is 533 g/mol. The number of methoxy groups -OCH3 is 1. The quantitative estimate of drug-likeness (QED) is 0.163. The lowest BCUT2D eigenvalue weighted by atomic mass is 9.82. The molecule has 2 aromatic carbocycles. The zero-order chi connectivity index (χ0) is 27.7. The van der Waals surface area contributed by atoms with E-state index in [4.69, 9.17) is 9.26 Å². The van der Waals surface area contributed by atoms with Crippen molar-refractivity contribution in [1.82, 2.24) is 25.8 Å². The number of halogens is 1. The summed E-state index contributed by atoms with van der Waals surface area (Å²) in [7, 11) is 1.41. The van der Waals surface area contributed by atoms with Crippen LogP contribution in [0.25, 0.3) is 10.9 Å². The Kier molecular flexibility index (Phi) is 9.22. The molecule has 2 aromatic heterocycles. The fraction of sp³-hybridized carbons (Fsp3) is 0.310. The molecule has 204 valence electrons. The van der Waals surface area contributed by atoms with Gasteiger partial charge in [-0.25, -0.2) is 4.39 Å². The number of rotatable bonds is 9. The van der Waals surface area contributed by atoms with Crippen molar-refractivity contribution in [2.75, 3.05) is 13.7 Å². The van der Waals surface area contributed by atoms with E-state index in [1.807, 2.05) is 6.07 Å². The molecule has 0 saturated heterocycles. The maximum absolute atomic E-state index is 12.5. The predicted octanol–water partition coefficient (Wildman–Crippen LogP) is 4.68. The molecule has 3 heterocycles. The normalized spacial score (nSPS) is 16.4. The Morgan fingerprint density at radius 2 is 2.08 bits per heavy atom. The SMILES string of the molecule is C=CNC=NCc1ccc(F)cc1.COC(=O)CCCC1(c2noc(C)n2)NCCc2c1[nH]c1ccccc21. The molecule has 0 radical (unpaired) electrons. The minimum Gasteiger partial charge on any atom is -0.469 e. The fourth-order valence-electron chi connectivity index (χ4n) is 4.75. The molecule has 1 aliphatic rings. The number of carbonyl (C=O) groups excluding carboxylic acids is 1. The summed E-state index contributed by atoms with van der Waals surface area (Å²) in [4.78, 5) is 23.7. The van der Waals surface area contributed by atoms with Crippen LogP contribution in [0.4, 0.5) is 4.39 Å². The van der Waals surface area contributed by atoms with E-state index in [0.717, 1.165) is 29.7 Å². The van der Waals surface area contributed by atoms with Gasteiger partial charge in [-0.2, -0.15) is 4.98 Å². The number of carbonyl (C=O) groups is 1. The van der Waals surface area contributed by atoms with Crippen LogP contribution >= 0.6 is 0 Å². The maximum atomic E-state index is 12.5. The standard InChI is InChI=1S/C19H22N4O3.C10H11FN2/c1-12-21-18(23-26-12)19(10-5-8-16(24)25-2)17-14(9-11-20-19)13-6-3-4-7-15(13)22-17;1-2-12-8-13-7-9-3-5-10(11)6-4-9/h3-4,6-7,20,22H,5,8-11H2,1-2H3;2-6,8H,1,7H2,(H,12,13). The fourth-order valence-corrected chi connectivity index (χ4v) is 4.75. The molecule has 0 bridgehead atoms. The van der Waals surface area contributed by atoms with Gasteiger partial charge in [-0.15, -0.1) is 0 Å². The summed E-state index contributed by atoms with van der Waals surface area (Å²) in [5.41, 5.74) is 3.82. The van der Waals surface area contributed by atoms with Crippen LogP contribution < -0.4 is 10.6 Å². The van der Waals surface area contributed by atoms with E-state index in [1.54, 1.807) is 25.4 Å². The van der Waals surface area contributed by atoms with Crippen LogP contribution in [0.5, 0.6) is 0 Å². The van der Waals surface area contributed by atoms with Crippen molar-refractivity contribution in [2.24, 2.45) is 4.99 Å². The van der Waals surface area contributed by atoms with Gasteiger partial charge in [-0.1, -0.05) is 42.1 Å². The summed E-state index contributed by atoms with van der Waals surface area (Å²) in [6, 6.07) is 14.6. The third kappa shape index (κ3) is 6.58. The first-order chi connectivity index (χ1) is 19.0. The van der Waals surface area contributed by atoms with Crippen LogP contribution in [0.15, 0.2) is 70.8 Å². The largest absolute Gasteiger partial charge is 0.469 e. The van der Waals surface area contributed by atoms with Gasteiger partial charge in [-0.3, -0.25) is 15.1 Å². The zero-order valence-corrected chi connectivity index (χ0v) is 22.2. The smallest absolute Gasteiger partial charge is 0.305 e. The van der Waals surface area contributed by atoms with Gasteiger partial charge in [0.25, 0.3) is 0 Å². The Balaban J connectivity index is 0.000000229. The number of aromatic nitrogens is 3. The lowest BCUT2D eigenvalue weighted by Gasteiger charge is -2.36. The van der Waals surface area contributed by atoms with E-state index in [-0.39, 0.29) is 11.8 Å². The van der Waals surface area contributed by atoms with Crippen LogP contribution in [-0.2, 0) is 28.0 Å². The zero-order valence-electron chi connectivity index (χ0n) is 22.2. The second-order valence-corrected chi connectivity index (χ2v) is 9.14. The number of nitrogens with zero attached hydrogens (tertiary/aromatic N) is 3. The molecule has 1 aliphatic heterocycles. The number of nitrogens with one attached hydrogen (secondary N) is 3. The molecule has 39 heavy (non-hydrogen) atoms. The molecule has 1 unspecified atom stereocenters. The maximum Gasteiger partial charge on any atom is 0.305 e. The first-order valence-electron chi connectivity index (χ1n) is 12.8. The highest BCUT2D eigenvalue weighted by atomic mass is 19.1. The molecule has 0 fully saturated rings. The number of ether oxygens (including phenoxy) is 1. The number of hydrogen-bond acceptors (Lipinski definition) is 7. The van der Waals surface area contributed by atoms with Crippen molar-refractivity contribution in [3.8, 4) is 0 Å². The summed E-state index contributed by atoms with van der Waals surface area (Å²) in [6.07, 6.45) is 5.69. The van der Waals surface area contributed by atoms with E-state index in [2.05, 4.69) is 55.5 Å².